The summed E-state index contributed by atoms with van der Waals surface area (Å²) in [6.45, 7) is 1.55. The molecule has 0 bridgehead atoms. The van der Waals surface area contributed by atoms with Crippen LogP contribution in [0.1, 0.15) is 28.4 Å². The van der Waals surface area contributed by atoms with Gasteiger partial charge in [0, 0.05) is 18.4 Å². The fourth-order valence-electron chi connectivity index (χ4n) is 5.50. The summed E-state index contributed by atoms with van der Waals surface area (Å²) in [5.74, 6) is -1.26. The van der Waals surface area contributed by atoms with Gasteiger partial charge in [-0.25, -0.2) is 0 Å². The van der Waals surface area contributed by atoms with Crippen LogP contribution in [-0.4, -0.2) is 31.9 Å². The average molecular weight is 479 g/mol. The first-order chi connectivity index (χ1) is 17.4. The van der Waals surface area contributed by atoms with Crippen molar-refractivity contribution in [3.8, 4) is 22.3 Å². The summed E-state index contributed by atoms with van der Waals surface area (Å²) in [6, 6.07) is 25.5. The zero-order chi connectivity index (χ0) is 25.4. The summed E-state index contributed by atoms with van der Waals surface area (Å²) in [6.07, 6.45) is 0.308. The van der Waals surface area contributed by atoms with E-state index in [1.165, 1.54) is 14.2 Å². The van der Waals surface area contributed by atoms with Gasteiger partial charge in [0.15, 0.2) is 11.2 Å². The molecule has 0 fully saturated rings. The van der Waals surface area contributed by atoms with Crippen LogP contribution in [0, 0.1) is 5.41 Å². The van der Waals surface area contributed by atoms with E-state index in [9.17, 15) is 14.4 Å². The lowest BCUT2D eigenvalue weighted by Gasteiger charge is -2.22. The lowest BCUT2D eigenvalue weighted by molar-refractivity contribution is -0.168. The molecule has 5 rings (SSSR count). The largest absolute Gasteiger partial charge is 0.468 e. The molecule has 0 radical (unpaired) electrons. The van der Waals surface area contributed by atoms with E-state index in [0.29, 0.717) is 5.56 Å². The minimum atomic E-state index is -1.49. The van der Waals surface area contributed by atoms with Gasteiger partial charge in [-0.05, 0) is 57.1 Å². The van der Waals surface area contributed by atoms with Gasteiger partial charge in [0.25, 0.3) is 0 Å². The first-order valence-corrected chi connectivity index (χ1v) is 11.8. The van der Waals surface area contributed by atoms with Crippen molar-refractivity contribution in [3.05, 3.63) is 95.6 Å². The molecule has 0 heterocycles. The van der Waals surface area contributed by atoms with Crippen molar-refractivity contribution in [2.75, 3.05) is 14.2 Å². The van der Waals surface area contributed by atoms with Gasteiger partial charge in [-0.1, -0.05) is 72.8 Å². The number of rotatable bonds is 5. The van der Waals surface area contributed by atoms with Gasteiger partial charge in [-0.3, -0.25) is 14.4 Å². The first kappa shape index (κ1) is 23.5. The molecule has 1 aliphatic carbocycles. The Morgan fingerprint density at radius 2 is 1.14 bits per heavy atom. The molecule has 0 atom stereocenters. The van der Waals surface area contributed by atoms with Crippen LogP contribution in [0.2, 0.25) is 0 Å². The van der Waals surface area contributed by atoms with Crippen LogP contribution in [0.25, 0.3) is 33.0 Å². The molecule has 0 unspecified atom stereocenters. The molecule has 0 spiro atoms. The Bertz CT molecular complexity index is 1490. The molecule has 0 aliphatic heterocycles. The Balaban J connectivity index is 1.95. The first-order valence-electron chi connectivity index (χ1n) is 11.8. The summed E-state index contributed by atoms with van der Waals surface area (Å²) in [5.41, 5.74) is 4.71. The molecule has 0 saturated carbocycles. The molecule has 5 heteroatoms. The zero-order valence-electron chi connectivity index (χ0n) is 20.5. The van der Waals surface area contributed by atoms with Crippen molar-refractivity contribution < 1.29 is 23.9 Å². The number of ether oxygens (including phenoxy) is 2. The molecular weight excluding hydrogens is 452 g/mol. The lowest BCUT2D eigenvalue weighted by atomic mass is 9.84. The SMILES string of the molecule is COC(=O)C1(C(=O)OC)Cc2c(c(-c3ccccc3)c3cc(C(C)=O)ccc3c2-c2ccccc2)C1. The number of hydrogen-bond donors (Lipinski definition) is 0. The molecule has 1 aliphatic rings. The summed E-state index contributed by atoms with van der Waals surface area (Å²) in [7, 11) is 2.59. The van der Waals surface area contributed by atoms with Crippen molar-refractivity contribution in [1.82, 2.24) is 0 Å². The number of carbonyl (C=O) groups excluding carboxylic acids is 3. The van der Waals surface area contributed by atoms with Gasteiger partial charge < -0.3 is 9.47 Å². The van der Waals surface area contributed by atoms with E-state index in [4.69, 9.17) is 9.47 Å². The van der Waals surface area contributed by atoms with E-state index in [1.807, 2.05) is 78.9 Å². The van der Waals surface area contributed by atoms with Gasteiger partial charge in [0.1, 0.15) is 0 Å². The van der Waals surface area contributed by atoms with Crippen LogP contribution >= 0.6 is 0 Å². The number of ketones is 1. The minimum Gasteiger partial charge on any atom is -0.468 e. The van der Waals surface area contributed by atoms with E-state index in [-0.39, 0.29) is 18.6 Å². The molecule has 0 saturated heterocycles. The quantitative estimate of drug-likeness (QED) is 0.206. The van der Waals surface area contributed by atoms with E-state index in [0.717, 1.165) is 44.2 Å². The molecular formula is C31H26O5. The highest BCUT2D eigenvalue weighted by molar-refractivity contribution is 6.12. The van der Waals surface area contributed by atoms with Crippen molar-refractivity contribution >= 4 is 28.5 Å². The summed E-state index contributed by atoms with van der Waals surface area (Å²) >= 11 is 0. The molecule has 4 aromatic carbocycles. The highest BCUT2D eigenvalue weighted by Gasteiger charge is 2.54. The number of methoxy groups -OCH3 is 2. The standard InChI is InChI=1S/C31H26O5/c1-19(32)22-14-15-23-24(16-22)28(21-12-8-5-9-13-21)26-18-31(29(33)35-2,30(34)36-3)17-25(26)27(23)20-10-6-4-7-11-20/h4-16H,17-18H2,1-3H3. The molecule has 0 N–H and O–H groups in total. The Labute approximate surface area is 209 Å². The maximum Gasteiger partial charge on any atom is 0.323 e. The average Bonchev–Trinajstić information content (AvgIpc) is 3.32. The van der Waals surface area contributed by atoms with Crippen LogP contribution in [0.4, 0.5) is 0 Å². The molecule has 36 heavy (non-hydrogen) atoms. The molecule has 0 amide bonds. The summed E-state index contributed by atoms with van der Waals surface area (Å²) in [5, 5.41) is 1.85. The Kier molecular flexibility index (Phi) is 5.92. The minimum absolute atomic E-state index is 0.0314. The van der Waals surface area contributed by atoms with Gasteiger partial charge in [0.2, 0.25) is 0 Å². The monoisotopic (exact) mass is 478 g/mol. The third kappa shape index (κ3) is 3.59. The molecule has 4 aromatic rings. The van der Waals surface area contributed by atoms with Gasteiger partial charge >= 0.3 is 11.9 Å². The van der Waals surface area contributed by atoms with E-state index in [2.05, 4.69) is 0 Å². The molecule has 180 valence electrons. The number of benzene rings is 4. The predicted octanol–water partition coefficient (Wildman–Crippen LogP) is 5.81. The van der Waals surface area contributed by atoms with Crippen molar-refractivity contribution in [3.63, 3.8) is 0 Å². The van der Waals surface area contributed by atoms with Crippen molar-refractivity contribution in [2.45, 2.75) is 19.8 Å². The highest BCUT2D eigenvalue weighted by atomic mass is 16.5. The van der Waals surface area contributed by atoms with Crippen LogP contribution in [0.5, 0.6) is 0 Å². The Morgan fingerprint density at radius 1 is 0.667 bits per heavy atom. The van der Waals surface area contributed by atoms with Crippen molar-refractivity contribution in [2.24, 2.45) is 5.41 Å². The maximum absolute atomic E-state index is 13.2. The van der Waals surface area contributed by atoms with Crippen LogP contribution in [0.15, 0.2) is 78.9 Å². The van der Waals surface area contributed by atoms with E-state index in [1.54, 1.807) is 6.92 Å². The smallest absolute Gasteiger partial charge is 0.323 e. The number of fused-ring (bicyclic) bond motifs is 2. The maximum atomic E-state index is 13.2. The number of carbonyl (C=O) groups is 3. The normalized spacial score (nSPS) is 13.8. The zero-order valence-corrected chi connectivity index (χ0v) is 20.5. The van der Waals surface area contributed by atoms with Crippen LogP contribution in [0.3, 0.4) is 0 Å². The van der Waals surface area contributed by atoms with Crippen molar-refractivity contribution in [1.29, 1.82) is 0 Å². The fraction of sp³-hybridized carbons (Fsp3) is 0.194. The number of Topliss-reactive ketones (excluding diaryl/α,β-unsaturated/α-hetero) is 1. The lowest BCUT2D eigenvalue weighted by Crippen LogP contribution is -2.42. The fourth-order valence-corrected chi connectivity index (χ4v) is 5.50. The third-order valence-electron chi connectivity index (χ3n) is 7.17. The number of hydrogen-bond acceptors (Lipinski definition) is 5. The van der Waals surface area contributed by atoms with Crippen LogP contribution in [-0.2, 0) is 31.9 Å². The van der Waals surface area contributed by atoms with E-state index >= 15 is 0 Å². The second-order valence-electron chi connectivity index (χ2n) is 9.17. The second kappa shape index (κ2) is 9.08. The van der Waals surface area contributed by atoms with Gasteiger partial charge in [0.05, 0.1) is 14.2 Å². The summed E-state index contributed by atoms with van der Waals surface area (Å²) in [4.78, 5) is 38.7. The van der Waals surface area contributed by atoms with Gasteiger partial charge in [-0.2, -0.15) is 0 Å². The third-order valence-corrected chi connectivity index (χ3v) is 7.17. The highest BCUT2D eigenvalue weighted by Crippen LogP contribution is 2.51. The van der Waals surface area contributed by atoms with Gasteiger partial charge in [-0.15, -0.1) is 0 Å². The van der Waals surface area contributed by atoms with E-state index < -0.39 is 17.4 Å². The summed E-state index contributed by atoms with van der Waals surface area (Å²) < 4.78 is 10.3. The second-order valence-corrected chi connectivity index (χ2v) is 9.17. The Morgan fingerprint density at radius 3 is 1.58 bits per heavy atom. The Hall–Kier alpha value is -4.25. The van der Waals surface area contributed by atoms with Crippen LogP contribution < -0.4 is 0 Å². The topological polar surface area (TPSA) is 69.7 Å². The number of esters is 2. The molecule has 5 nitrogen and oxygen atoms in total. The predicted molar refractivity (Wildman–Crippen MR) is 139 cm³/mol. The molecule has 0 aromatic heterocycles.